The Morgan fingerprint density at radius 1 is 1.38 bits per heavy atom. The summed E-state index contributed by atoms with van der Waals surface area (Å²) in [4.78, 5) is 10.7. The van der Waals surface area contributed by atoms with E-state index in [1.54, 1.807) is 25.1 Å². The summed E-state index contributed by atoms with van der Waals surface area (Å²) < 4.78 is 16.6. The molecule has 1 N–H and O–H groups in total. The van der Waals surface area contributed by atoms with Gasteiger partial charge in [0.25, 0.3) is 0 Å². The molecule has 2 unspecified atom stereocenters. The summed E-state index contributed by atoms with van der Waals surface area (Å²) in [5.41, 5.74) is -0.142. The minimum Gasteiger partial charge on any atom is -0.487 e. The van der Waals surface area contributed by atoms with Crippen molar-refractivity contribution in [2.45, 2.75) is 26.1 Å². The van der Waals surface area contributed by atoms with Crippen molar-refractivity contribution >= 4 is 5.69 Å². The van der Waals surface area contributed by atoms with E-state index in [9.17, 15) is 10.1 Å². The standard InChI is InChI=1S/C14H20N2O5/c1-3-19-12-5-4-6-13(14(12)16(17)18)20-9-11-8-15-7-10(2)21-11/h4-6,10-11,15H,3,7-9H2,1-2H3. The Hall–Kier alpha value is -1.86. The fourth-order valence-electron chi connectivity index (χ4n) is 2.22. The first-order valence-electron chi connectivity index (χ1n) is 7.01. The molecule has 1 saturated heterocycles. The van der Waals surface area contributed by atoms with Gasteiger partial charge in [-0.15, -0.1) is 0 Å². The van der Waals surface area contributed by atoms with Gasteiger partial charge in [0, 0.05) is 13.1 Å². The molecule has 1 aliphatic heterocycles. The number of benzene rings is 1. The average Bonchev–Trinajstić information content (AvgIpc) is 2.45. The molecular formula is C14H20N2O5. The summed E-state index contributed by atoms with van der Waals surface area (Å²) in [5.74, 6) is 0.420. The van der Waals surface area contributed by atoms with Crippen LogP contribution in [0.3, 0.4) is 0 Å². The van der Waals surface area contributed by atoms with E-state index in [1.165, 1.54) is 0 Å². The second-order valence-corrected chi connectivity index (χ2v) is 4.83. The maximum Gasteiger partial charge on any atom is 0.352 e. The van der Waals surface area contributed by atoms with Gasteiger partial charge < -0.3 is 19.5 Å². The lowest BCUT2D eigenvalue weighted by molar-refractivity contribution is -0.386. The summed E-state index contributed by atoms with van der Waals surface area (Å²) >= 11 is 0. The minimum atomic E-state index is -0.483. The molecule has 1 aromatic rings. The van der Waals surface area contributed by atoms with Crippen LogP contribution in [-0.4, -0.2) is 43.4 Å². The Morgan fingerprint density at radius 2 is 2.10 bits per heavy atom. The van der Waals surface area contributed by atoms with Crippen LogP contribution in [0.2, 0.25) is 0 Å². The van der Waals surface area contributed by atoms with Crippen molar-refractivity contribution in [3.63, 3.8) is 0 Å². The van der Waals surface area contributed by atoms with E-state index in [2.05, 4.69) is 5.32 Å². The van der Waals surface area contributed by atoms with Gasteiger partial charge in [0.05, 0.1) is 17.6 Å². The van der Waals surface area contributed by atoms with Crippen LogP contribution in [0, 0.1) is 10.1 Å². The number of nitro benzene ring substituents is 1. The topological polar surface area (TPSA) is 82.9 Å². The van der Waals surface area contributed by atoms with Crippen LogP contribution < -0.4 is 14.8 Å². The van der Waals surface area contributed by atoms with Gasteiger partial charge in [0.2, 0.25) is 11.5 Å². The van der Waals surface area contributed by atoms with Gasteiger partial charge >= 0.3 is 5.69 Å². The van der Waals surface area contributed by atoms with Gasteiger partial charge in [0.1, 0.15) is 12.7 Å². The van der Waals surface area contributed by atoms with Gasteiger partial charge in [-0.3, -0.25) is 10.1 Å². The molecule has 0 aromatic heterocycles. The molecule has 0 aliphatic carbocycles. The first kappa shape index (κ1) is 15.5. The van der Waals surface area contributed by atoms with Crippen molar-refractivity contribution in [1.82, 2.24) is 5.32 Å². The number of nitrogens with one attached hydrogen (secondary N) is 1. The molecule has 1 fully saturated rings. The zero-order valence-corrected chi connectivity index (χ0v) is 12.2. The Morgan fingerprint density at radius 3 is 2.71 bits per heavy atom. The third-order valence-corrected chi connectivity index (χ3v) is 3.10. The second kappa shape index (κ2) is 7.24. The number of rotatable bonds is 6. The normalized spacial score (nSPS) is 21.8. The summed E-state index contributed by atoms with van der Waals surface area (Å²) in [7, 11) is 0. The van der Waals surface area contributed by atoms with E-state index in [0.29, 0.717) is 13.2 Å². The molecule has 1 aliphatic rings. The van der Waals surface area contributed by atoms with E-state index < -0.39 is 4.92 Å². The number of hydrogen-bond donors (Lipinski definition) is 1. The van der Waals surface area contributed by atoms with Crippen molar-refractivity contribution < 1.29 is 19.1 Å². The Balaban J connectivity index is 2.08. The zero-order chi connectivity index (χ0) is 15.2. The van der Waals surface area contributed by atoms with Crippen molar-refractivity contribution in [3.05, 3.63) is 28.3 Å². The van der Waals surface area contributed by atoms with Crippen LogP contribution in [0.1, 0.15) is 13.8 Å². The first-order valence-corrected chi connectivity index (χ1v) is 7.01. The minimum absolute atomic E-state index is 0.108. The molecular weight excluding hydrogens is 276 g/mol. The average molecular weight is 296 g/mol. The van der Waals surface area contributed by atoms with E-state index in [4.69, 9.17) is 14.2 Å². The molecule has 116 valence electrons. The van der Waals surface area contributed by atoms with Crippen LogP contribution in [-0.2, 0) is 4.74 Å². The van der Waals surface area contributed by atoms with Crippen molar-refractivity contribution in [3.8, 4) is 11.5 Å². The molecule has 1 heterocycles. The lowest BCUT2D eigenvalue weighted by Crippen LogP contribution is -2.45. The second-order valence-electron chi connectivity index (χ2n) is 4.83. The summed E-state index contributed by atoms with van der Waals surface area (Å²) in [5, 5.41) is 14.4. The third-order valence-electron chi connectivity index (χ3n) is 3.10. The summed E-state index contributed by atoms with van der Waals surface area (Å²) in [6, 6.07) is 4.81. The highest BCUT2D eigenvalue weighted by Crippen LogP contribution is 2.36. The molecule has 0 amide bonds. The lowest BCUT2D eigenvalue weighted by atomic mass is 10.2. The number of hydrogen-bond acceptors (Lipinski definition) is 6. The fourth-order valence-corrected chi connectivity index (χ4v) is 2.22. The van der Waals surface area contributed by atoms with E-state index in [-0.39, 0.29) is 36.0 Å². The number of nitrogens with zero attached hydrogens (tertiary/aromatic N) is 1. The van der Waals surface area contributed by atoms with E-state index in [0.717, 1.165) is 6.54 Å². The molecule has 0 saturated carbocycles. The maximum atomic E-state index is 11.2. The zero-order valence-electron chi connectivity index (χ0n) is 12.2. The van der Waals surface area contributed by atoms with Gasteiger partial charge in [-0.1, -0.05) is 6.07 Å². The monoisotopic (exact) mass is 296 g/mol. The highest BCUT2D eigenvalue weighted by atomic mass is 16.6. The van der Waals surface area contributed by atoms with Gasteiger partial charge in [-0.05, 0) is 26.0 Å². The van der Waals surface area contributed by atoms with Gasteiger partial charge in [-0.25, -0.2) is 0 Å². The van der Waals surface area contributed by atoms with Crippen LogP contribution in [0.15, 0.2) is 18.2 Å². The Bertz CT molecular complexity index is 494. The summed E-state index contributed by atoms with van der Waals surface area (Å²) in [6.07, 6.45) is -0.0128. The van der Waals surface area contributed by atoms with Crippen molar-refractivity contribution in [1.29, 1.82) is 0 Å². The van der Waals surface area contributed by atoms with Crippen LogP contribution in [0.25, 0.3) is 0 Å². The predicted octanol–water partition coefficient (Wildman–Crippen LogP) is 1.75. The van der Waals surface area contributed by atoms with E-state index in [1.807, 2.05) is 6.92 Å². The van der Waals surface area contributed by atoms with Crippen LogP contribution in [0.5, 0.6) is 11.5 Å². The van der Waals surface area contributed by atoms with Gasteiger partial charge in [0.15, 0.2) is 0 Å². The van der Waals surface area contributed by atoms with Gasteiger partial charge in [-0.2, -0.15) is 0 Å². The fraction of sp³-hybridized carbons (Fsp3) is 0.571. The molecule has 21 heavy (non-hydrogen) atoms. The van der Waals surface area contributed by atoms with Crippen molar-refractivity contribution in [2.75, 3.05) is 26.3 Å². The molecule has 0 bridgehead atoms. The van der Waals surface area contributed by atoms with Crippen molar-refractivity contribution in [2.24, 2.45) is 0 Å². The molecule has 0 spiro atoms. The quantitative estimate of drug-likeness (QED) is 0.636. The SMILES string of the molecule is CCOc1cccc(OCC2CNCC(C)O2)c1[N+](=O)[O-]. The highest BCUT2D eigenvalue weighted by Gasteiger charge is 2.24. The number of ether oxygens (including phenoxy) is 3. The third kappa shape index (κ3) is 4.05. The van der Waals surface area contributed by atoms with E-state index >= 15 is 0 Å². The van der Waals surface area contributed by atoms with Crippen LogP contribution >= 0.6 is 0 Å². The Kier molecular flexibility index (Phi) is 5.35. The Labute approximate surface area is 123 Å². The maximum absolute atomic E-state index is 11.2. The molecule has 1 aromatic carbocycles. The molecule has 2 rings (SSSR count). The predicted molar refractivity (Wildman–Crippen MR) is 77.0 cm³/mol. The summed E-state index contributed by atoms with van der Waals surface area (Å²) in [6.45, 7) is 5.84. The molecule has 0 radical (unpaired) electrons. The number of para-hydroxylation sites is 1. The number of nitro groups is 1. The smallest absolute Gasteiger partial charge is 0.352 e. The lowest BCUT2D eigenvalue weighted by Gasteiger charge is -2.28. The highest BCUT2D eigenvalue weighted by molar-refractivity contribution is 5.57. The first-order chi connectivity index (χ1) is 10.1. The van der Waals surface area contributed by atoms with Crippen LogP contribution in [0.4, 0.5) is 5.69 Å². The molecule has 2 atom stereocenters. The number of morpholine rings is 1. The molecule has 7 heteroatoms. The molecule has 7 nitrogen and oxygen atoms in total. The largest absolute Gasteiger partial charge is 0.487 e.